The number of imide groups is 1. The number of rotatable bonds is 18. The number of nitrogens with one attached hydrogen (secondary N) is 4. The Bertz CT molecular complexity index is 1400. The standard InChI is InChI=1S/C31H43N9O6/c1-21-3-2-4-26(25(21)18-39(20-41)27-9-10-28(42)38-31(27)45)37-29(43)11-12-35-13-15-40(34)17-24(33)19-46-16-14-36-30(44)22-5-7-23(32)8-6-22/h2-8,17,20,27,35H,9-16,18-19,32-34H2,1H3,(H,36,44)(H,37,43)(H,38,42,45)/b24-17-. The number of hydrogen-bond acceptors (Lipinski definition) is 11. The minimum absolute atomic E-state index is 0.103. The molecule has 0 aromatic heterocycles. The molecule has 0 saturated carbocycles. The quantitative estimate of drug-likeness (QED) is 0.0280. The summed E-state index contributed by atoms with van der Waals surface area (Å²) in [5, 5.41) is 12.5. The highest BCUT2D eigenvalue weighted by atomic mass is 16.5. The van der Waals surface area contributed by atoms with Gasteiger partial charge in [0.25, 0.3) is 5.91 Å². The Morgan fingerprint density at radius 3 is 2.59 bits per heavy atom. The first-order valence-electron chi connectivity index (χ1n) is 14.9. The van der Waals surface area contributed by atoms with Gasteiger partial charge in [-0.25, -0.2) is 5.84 Å². The van der Waals surface area contributed by atoms with E-state index in [0.29, 0.717) is 60.8 Å². The van der Waals surface area contributed by atoms with Gasteiger partial charge in [0, 0.05) is 68.7 Å². The number of piperidine rings is 1. The molecule has 5 amide bonds. The van der Waals surface area contributed by atoms with Gasteiger partial charge in [-0.3, -0.25) is 29.3 Å². The van der Waals surface area contributed by atoms with Gasteiger partial charge in [-0.05, 0) is 54.8 Å². The Hall–Kier alpha value is -4.99. The van der Waals surface area contributed by atoms with Crippen molar-refractivity contribution in [2.45, 2.75) is 38.8 Å². The summed E-state index contributed by atoms with van der Waals surface area (Å²) in [5.74, 6) is 4.66. The lowest BCUT2D eigenvalue weighted by molar-refractivity contribution is -0.141. The Morgan fingerprint density at radius 1 is 1.11 bits per heavy atom. The highest BCUT2D eigenvalue weighted by Gasteiger charge is 2.31. The predicted octanol–water partition coefficient (Wildman–Crippen LogP) is -0.319. The van der Waals surface area contributed by atoms with Crippen LogP contribution in [0.25, 0.3) is 0 Å². The van der Waals surface area contributed by atoms with E-state index in [4.69, 9.17) is 22.0 Å². The summed E-state index contributed by atoms with van der Waals surface area (Å²) in [6.45, 7) is 3.97. The van der Waals surface area contributed by atoms with Crippen LogP contribution in [0.4, 0.5) is 11.4 Å². The van der Waals surface area contributed by atoms with Gasteiger partial charge in [0.15, 0.2) is 0 Å². The minimum atomic E-state index is -0.761. The molecule has 3 rings (SSSR count). The van der Waals surface area contributed by atoms with E-state index < -0.39 is 11.9 Å². The number of nitrogens with zero attached hydrogens (tertiary/aromatic N) is 2. The lowest BCUT2D eigenvalue weighted by Crippen LogP contribution is -2.51. The molecular formula is C31H43N9O6. The molecule has 1 atom stereocenters. The second-order valence-corrected chi connectivity index (χ2v) is 10.8. The number of amides is 5. The number of carbonyl (C=O) groups excluding carboxylic acids is 5. The Labute approximate surface area is 267 Å². The molecular weight excluding hydrogens is 594 g/mol. The van der Waals surface area contributed by atoms with Crippen LogP contribution in [0.1, 0.15) is 40.7 Å². The third-order valence-electron chi connectivity index (χ3n) is 7.15. The van der Waals surface area contributed by atoms with Gasteiger partial charge in [0.1, 0.15) is 6.04 Å². The first kappa shape index (κ1) is 35.5. The fourth-order valence-electron chi connectivity index (χ4n) is 4.66. The molecule has 1 aliphatic rings. The maximum Gasteiger partial charge on any atom is 0.251 e. The van der Waals surface area contributed by atoms with Gasteiger partial charge in [-0.15, -0.1) is 0 Å². The fraction of sp³-hybridized carbons (Fsp3) is 0.387. The lowest BCUT2D eigenvalue weighted by atomic mass is 10.0. The van der Waals surface area contributed by atoms with E-state index in [9.17, 15) is 24.0 Å². The van der Waals surface area contributed by atoms with Crippen molar-refractivity contribution < 1.29 is 28.7 Å². The number of nitrogen functional groups attached to an aromatic ring is 1. The van der Waals surface area contributed by atoms with Crippen molar-refractivity contribution in [1.29, 1.82) is 0 Å². The molecule has 0 bridgehead atoms. The number of hydrazine groups is 1. The molecule has 15 heteroatoms. The maximum absolute atomic E-state index is 12.7. The van der Waals surface area contributed by atoms with E-state index in [1.165, 1.54) is 9.91 Å². The van der Waals surface area contributed by atoms with Crippen LogP contribution in [0.2, 0.25) is 0 Å². The molecule has 0 spiro atoms. The zero-order valence-corrected chi connectivity index (χ0v) is 25.9. The summed E-state index contributed by atoms with van der Waals surface area (Å²) in [6.07, 6.45) is 2.72. The highest BCUT2D eigenvalue weighted by molar-refractivity contribution is 6.01. The van der Waals surface area contributed by atoms with E-state index in [0.717, 1.165) is 5.56 Å². The van der Waals surface area contributed by atoms with E-state index in [1.807, 2.05) is 13.0 Å². The van der Waals surface area contributed by atoms with Crippen molar-refractivity contribution in [3.63, 3.8) is 0 Å². The first-order valence-corrected chi connectivity index (χ1v) is 14.9. The summed E-state index contributed by atoms with van der Waals surface area (Å²) in [6, 6.07) is 11.2. The fourth-order valence-corrected chi connectivity index (χ4v) is 4.66. The summed E-state index contributed by atoms with van der Waals surface area (Å²) in [4.78, 5) is 61.8. The zero-order valence-electron chi connectivity index (χ0n) is 25.9. The number of ether oxygens (including phenoxy) is 1. The van der Waals surface area contributed by atoms with Crippen LogP contribution in [0.15, 0.2) is 54.4 Å². The third kappa shape index (κ3) is 11.5. The number of aryl methyl sites for hydroxylation is 1. The molecule has 248 valence electrons. The second-order valence-electron chi connectivity index (χ2n) is 10.8. The molecule has 46 heavy (non-hydrogen) atoms. The average molecular weight is 638 g/mol. The van der Waals surface area contributed by atoms with Crippen LogP contribution in [-0.4, -0.2) is 85.4 Å². The van der Waals surface area contributed by atoms with Gasteiger partial charge >= 0.3 is 0 Å². The number of nitrogens with two attached hydrogens (primary N) is 3. The van der Waals surface area contributed by atoms with Crippen LogP contribution in [0.5, 0.6) is 0 Å². The number of anilines is 2. The summed E-state index contributed by atoms with van der Waals surface area (Å²) in [7, 11) is 0. The van der Waals surface area contributed by atoms with Crippen molar-refractivity contribution in [3.05, 3.63) is 71.1 Å². The zero-order chi connectivity index (χ0) is 33.5. The smallest absolute Gasteiger partial charge is 0.251 e. The Morgan fingerprint density at radius 2 is 1.87 bits per heavy atom. The van der Waals surface area contributed by atoms with Crippen LogP contribution < -0.4 is 38.6 Å². The topological polar surface area (TPSA) is 227 Å². The summed E-state index contributed by atoms with van der Waals surface area (Å²) >= 11 is 0. The van der Waals surface area contributed by atoms with Gasteiger partial charge in [0.05, 0.1) is 18.9 Å². The van der Waals surface area contributed by atoms with Gasteiger partial charge in [-0.2, -0.15) is 0 Å². The van der Waals surface area contributed by atoms with Crippen LogP contribution >= 0.6 is 0 Å². The third-order valence-corrected chi connectivity index (χ3v) is 7.15. The molecule has 1 aliphatic heterocycles. The largest absolute Gasteiger partial charge is 0.399 e. The molecule has 1 saturated heterocycles. The molecule has 1 fully saturated rings. The van der Waals surface area contributed by atoms with Crippen LogP contribution in [-0.2, 0) is 30.5 Å². The lowest BCUT2D eigenvalue weighted by Gasteiger charge is -2.31. The van der Waals surface area contributed by atoms with E-state index in [-0.39, 0.29) is 56.7 Å². The minimum Gasteiger partial charge on any atom is -0.399 e. The van der Waals surface area contributed by atoms with Gasteiger partial charge < -0.3 is 42.1 Å². The second kappa shape index (κ2) is 18.1. The molecule has 1 heterocycles. The first-order chi connectivity index (χ1) is 22.1. The maximum atomic E-state index is 12.7. The average Bonchev–Trinajstić information content (AvgIpc) is 3.01. The van der Waals surface area contributed by atoms with Gasteiger partial charge in [-0.1, -0.05) is 12.1 Å². The molecule has 0 radical (unpaired) electrons. The van der Waals surface area contributed by atoms with Crippen molar-refractivity contribution in [2.75, 3.05) is 50.4 Å². The molecule has 10 N–H and O–H groups in total. The van der Waals surface area contributed by atoms with E-state index >= 15 is 0 Å². The normalized spacial score (nSPS) is 14.7. The Kier molecular flexibility index (Phi) is 14.0. The molecule has 1 unspecified atom stereocenters. The van der Waals surface area contributed by atoms with Crippen LogP contribution in [0, 0.1) is 6.92 Å². The number of hydrogen-bond donors (Lipinski definition) is 7. The Balaban J connectivity index is 1.33. The SMILES string of the molecule is Cc1cccc(NC(=O)CCNCCN(N)/C=C(\N)COCCNC(=O)c2ccc(N)cc2)c1CN(C=O)C1CCC(=O)NC1=O. The van der Waals surface area contributed by atoms with Crippen LogP contribution in [0.3, 0.4) is 0 Å². The molecule has 2 aromatic carbocycles. The summed E-state index contributed by atoms with van der Waals surface area (Å²) in [5.41, 5.74) is 15.2. The molecule has 2 aromatic rings. The van der Waals surface area contributed by atoms with Gasteiger partial charge in [0.2, 0.25) is 24.1 Å². The van der Waals surface area contributed by atoms with Crippen molar-refractivity contribution in [1.82, 2.24) is 25.9 Å². The number of carbonyl (C=O) groups is 5. The van der Waals surface area contributed by atoms with Crippen molar-refractivity contribution in [3.8, 4) is 0 Å². The van der Waals surface area contributed by atoms with Crippen molar-refractivity contribution >= 4 is 41.4 Å². The molecule has 15 nitrogen and oxygen atoms in total. The highest BCUT2D eigenvalue weighted by Crippen LogP contribution is 2.24. The van der Waals surface area contributed by atoms with Crippen molar-refractivity contribution in [2.24, 2.45) is 11.6 Å². The molecule has 0 aliphatic carbocycles. The van der Waals surface area contributed by atoms with E-state index in [1.54, 1.807) is 42.6 Å². The monoisotopic (exact) mass is 637 g/mol. The van der Waals surface area contributed by atoms with E-state index in [2.05, 4.69) is 21.3 Å². The number of benzene rings is 2. The summed E-state index contributed by atoms with van der Waals surface area (Å²) < 4.78 is 5.48. The predicted molar refractivity (Wildman–Crippen MR) is 172 cm³/mol.